The summed E-state index contributed by atoms with van der Waals surface area (Å²) >= 11 is 1.81. The molecule has 0 radical (unpaired) electrons. The number of carbonyl (C=O) groups is 2. The van der Waals surface area contributed by atoms with Crippen molar-refractivity contribution in [2.45, 2.75) is 11.7 Å². The number of rotatable bonds is 4. The molecule has 22 heavy (non-hydrogen) atoms. The summed E-state index contributed by atoms with van der Waals surface area (Å²) in [7, 11) is 0. The van der Waals surface area contributed by atoms with Crippen molar-refractivity contribution in [3.05, 3.63) is 59.0 Å². The summed E-state index contributed by atoms with van der Waals surface area (Å²) in [5.74, 6) is -0.762. The van der Waals surface area contributed by atoms with Crippen molar-refractivity contribution in [1.29, 1.82) is 0 Å². The lowest BCUT2D eigenvalue weighted by atomic mass is 10.0. The number of furan rings is 1. The number of aromatic carboxylic acids is 1. The average Bonchev–Trinajstić information content (AvgIpc) is 3.03. The first-order valence-electron chi connectivity index (χ1n) is 6.96. The van der Waals surface area contributed by atoms with Crippen LogP contribution in [0.25, 0.3) is 0 Å². The summed E-state index contributed by atoms with van der Waals surface area (Å²) in [5.41, 5.74) is 2.58. The van der Waals surface area contributed by atoms with E-state index in [1.54, 1.807) is 0 Å². The van der Waals surface area contributed by atoms with Crippen molar-refractivity contribution >= 4 is 23.6 Å². The van der Waals surface area contributed by atoms with Crippen molar-refractivity contribution in [1.82, 2.24) is 5.32 Å². The highest BCUT2D eigenvalue weighted by Crippen LogP contribution is 2.35. The molecule has 0 saturated heterocycles. The summed E-state index contributed by atoms with van der Waals surface area (Å²) in [4.78, 5) is 22.8. The predicted octanol–water partition coefficient (Wildman–Crippen LogP) is 2.74. The Morgan fingerprint density at radius 3 is 2.77 bits per heavy atom. The molecule has 0 fully saturated rings. The van der Waals surface area contributed by atoms with Crippen LogP contribution in [-0.2, 0) is 6.42 Å². The van der Waals surface area contributed by atoms with Crippen molar-refractivity contribution in [3.63, 3.8) is 0 Å². The minimum Gasteiger partial charge on any atom is -0.475 e. The van der Waals surface area contributed by atoms with Crippen LogP contribution >= 0.6 is 11.8 Å². The smallest absolute Gasteiger partial charge is 0.371 e. The topological polar surface area (TPSA) is 79.5 Å². The molecular formula is C16H15NO4S. The van der Waals surface area contributed by atoms with Gasteiger partial charge in [-0.05, 0) is 35.4 Å². The number of hydrogen-bond acceptors (Lipinski definition) is 4. The fourth-order valence-electron chi connectivity index (χ4n) is 2.49. The second-order valence-electron chi connectivity index (χ2n) is 4.99. The highest BCUT2D eigenvalue weighted by Gasteiger charge is 2.22. The third kappa shape index (κ3) is 3.01. The number of fused-ring (bicyclic) bond motifs is 1. The number of benzene rings is 1. The first-order valence-corrected chi connectivity index (χ1v) is 8.01. The van der Waals surface area contributed by atoms with E-state index in [-0.39, 0.29) is 16.8 Å². The Hall–Kier alpha value is -2.21. The minimum atomic E-state index is -1.18. The summed E-state index contributed by atoms with van der Waals surface area (Å²) in [6.07, 6.45) is 1.05. The van der Waals surface area contributed by atoms with Crippen LogP contribution in [0.1, 0.15) is 37.5 Å². The number of aryl methyl sites for hydroxylation is 1. The minimum absolute atomic E-state index is 0.0199. The van der Waals surface area contributed by atoms with E-state index in [2.05, 4.69) is 17.4 Å². The fraction of sp³-hybridized carbons (Fsp3) is 0.250. The molecule has 3 rings (SSSR count). The number of carboxylic acid groups (broad SMARTS) is 1. The second-order valence-corrected chi connectivity index (χ2v) is 6.30. The van der Waals surface area contributed by atoms with Gasteiger partial charge in [0, 0.05) is 11.8 Å². The SMILES string of the molecule is O=C(O)c1ccc(C(=O)NCC2SCCc3ccccc32)o1. The fourth-order valence-corrected chi connectivity index (χ4v) is 3.73. The van der Waals surface area contributed by atoms with Crippen LogP contribution in [0.3, 0.4) is 0 Å². The zero-order chi connectivity index (χ0) is 15.5. The van der Waals surface area contributed by atoms with E-state index in [9.17, 15) is 9.59 Å². The Bertz CT molecular complexity index is 710. The van der Waals surface area contributed by atoms with Gasteiger partial charge in [0.15, 0.2) is 5.76 Å². The Labute approximate surface area is 131 Å². The van der Waals surface area contributed by atoms with Crippen LogP contribution in [0.15, 0.2) is 40.8 Å². The molecule has 5 nitrogen and oxygen atoms in total. The lowest BCUT2D eigenvalue weighted by Gasteiger charge is -2.25. The molecule has 114 valence electrons. The van der Waals surface area contributed by atoms with Gasteiger partial charge in [-0.15, -0.1) is 0 Å². The molecule has 1 aromatic heterocycles. The number of amides is 1. The normalized spacial score (nSPS) is 16.8. The molecule has 0 aliphatic carbocycles. The third-order valence-electron chi connectivity index (χ3n) is 3.58. The van der Waals surface area contributed by atoms with Crippen LogP contribution < -0.4 is 5.32 Å². The van der Waals surface area contributed by atoms with Crippen LogP contribution in [0.4, 0.5) is 0 Å². The molecule has 1 aromatic carbocycles. The maximum atomic E-state index is 12.0. The third-order valence-corrected chi connectivity index (χ3v) is 4.84. The molecule has 0 spiro atoms. The maximum Gasteiger partial charge on any atom is 0.371 e. The van der Waals surface area contributed by atoms with Gasteiger partial charge >= 0.3 is 5.97 Å². The number of hydrogen-bond donors (Lipinski definition) is 2. The number of thioether (sulfide) groups is 1. The zero-order valence-corrected chi connectivity index (χ0v) is 12.6. The van der Waals surface area contributed by atoms with Gasteiger partial charge in [-0.3, -0.25) is 4.79 Å². The highest BCUT2D eigenvalue weighted by atomic mass is 32.2. The number of carbonyl (C=O) groups excluding carboxylic acids is 1. The van der Waals surface area contributed by atoms with Gasteiger partial charge in [0.25, 0.3) is 5.91 Å². The van der Waals surface area contributed by atoms with E-state index in [1.165, 1.54) is 23.3 Å². The van der Waals surface area contributed by atoms with Gasteiger partial charge in [-0.1, -0.05) is 24.3 Å². The molecule has 2 heterocycles. The van der Waals surface area contributed by atoms with Gasteiger partial charge in [0.2, 0.25) is 5.76 Å². The molecule has 1 aliphatic rings. The Morgan fingerprint density at radius 1 is 1.23 bits per heavy atom. The van der Waals surface area contributed by atoms with Gasteiger partial charge in [-0.2, -0.15) is 11.8 Å². The lowest BCUT2D eigenvalue weighted by Crippen LogP contribution is -2.28. The second kappa shape index (κ2) is 6.27. The molecule has 1 amide bonds. The molecule has 0 bridgehead atoms. The average molecular weight is 317 g/mol. The van der Waals surface area contributed by atoms with E-state index in [0.29, 0.717) is 6.54 Å². The zero-order valence-electron chi connectivity index (χ0n) is 11.7. The largest absolute Gasteiger partial charge is 0.475 e. The van der Waals surface area contributed by atoms with E-state index in [1.807, 2.05) is 23.9 Å². The molecule has 2 aromatic rings. The first-order chi connectivity index (χ1) is 10.6. The van der Waals surface area contributed by atoms with Gasteiger partial charge in [0.05, 0.1) is 0 Å². The van der Waals surface area contributed by atoms with Crippen LogP contribution in [-0.4, -0.2) is 29.3 Å². The van der Waals surface area contributed by atoms with E-state index in [0.717, 1.165) is 12.2 Å². The van der Waals surface area contributed by atoms with Crippen molar-refractivity contribution in [2.24, 2.45) is 0 Å². The van der Waals surface area contributed by atoms with Gasteiger partial charge < -0.3 is 14.8 Å². The van der Waals surface area contributed by atoms with E-state index >= 15 is 0 Å². The van der Waals surface area contributed by atoms with Crippen molar-refractivity contribution in [2.75, 3.05) is 12.3 Å². The summed E-state index contributed by atoms with van der Waals surface area (Å²) in [6, 6.07) is 10.9. The first kappa shape index (κ1) is 14.7. The number of carboxylic acids is 1. The van der Waals surface area contributed by atoms with Crippen LogP contribution in [0.2, 0.25) is 0 Å². The molecule has 2 N–H and O–H groups in total. The van der Waals surface area contributed by atoms with Crippen molar-refractivity contribution < 1.29 is 19.1 Å². The van der Waals surface area contributed by atoms with E-state index in [4.69, 9.17) is 9.52 Å². The molecule has 6 heteroatoms. The molecule has 1 unspecified atom stereocenters. The quantitative estimate of drug-likeness (QED) is 0.906. The molecule has 0 saturated carbocycles. The number of nitrogens with one attached hydrogen (secondary N) is 1. The summed E-state index contributed by atoms with van der Waals surface area (Å²) in [5, 5.41) is 11.8. The maximum absolute atomic E-state index is 12.0. The van der Waals surface area contributed by atoms with Crippen molar-refractivity contribution in [3.8, 4) is 0 Å². The lowest BCUT2D eigenvalue weighted by molar-refractivity contribution is 0.0659. The standard InChI is InChI=1S/C16H15NO4S/c18-15(12-5-6-13(21-12)16(19)20)17-9-14-11-4-2-1-3-10(11)7-8-22-14/h1-6,14H,7-9H2,(H,17,18)(H,19,20). The van der Waals surface area contributed by atoms with Gasteiger partial charge in [0.1, 0.15) is 0 Å². The Morgan fingerprint density at radius 2 is 2.00 bits per heavy atom. The predicted molar refractivity (Wildman–Crippen MR) is 83.3 cm³/mol. The van der Waals surface area contributed by atoms with Gasteiger partial charge in [-0.25, -0.2) is 4.79 Å². The summed E-state index contributed by atoms with van der Waals surface area (Å²) in [6.45, 7) is 0.490. The highest BCUT2D eigenvalue weighted by molar-refractivity contribution is 7.99. The Kier molecular flexibility index (Phi) is 4.20. The van der Waals surface area contributed by atoms with Crippen LogP contribution in [0.5, 0.6) is 0 Å². The Balaban J connectivity index is 1.65. The molecule has 1 atom stereocenters. The molecular weight excluding hydrogens is 302 g/mol. The monoisotopic (exact) mass is 317 g/mol. The van der Waals surface area contributed by atoms with E-state index < -0.39 is 11.9 Å². The van der Waals surface area contributed by atoms with Crippen LogP contribution in [0, 0.1) is 0 Å². The summed E-state index contributed by atoms with van der Waals surface area (Å²) < 4.78 is 5.00. The molecule has 1 aliphatic heterocycles.